The van der Waals surface area contributed by atoms with Gasteiger partial charge in [-0.1, -0.05) is 48.5 Å². The fraction of sp³-hybridized carbons (Fsp3) is 0.125. The van der Waals surface area contributed by atoms with Crippen LogP contribution in [0.25, 0.3) is 10.9 Å². The lowest BCUT2D eigenvalue weighted by Crippen LogP contribution is -2.15. The zero-order valence-electron chi connectivity index (χ0n) is 17.3. The summed E-state index contributed by atoms with van der Waals surface area (Å²) in [4.78, 5) is 4.32. The number of para-hydroxylation sites is 1. The topological polar surface area (TPSA) is 71.1 Å². The first-order valence-electron chi connectivity index (χ1n) is 10.1. The van der Waals surface area contributed by atoms with Crippen LogP contribution in [0.3, 0.4) is 0 Å². The quantitative estimate of drug-likeness (QED) is 0.382. The zero-order valence-corrected chi connectivity index (χ0v) is 18.1. The maximum Gasteiger partial charge on any atom is 0.416 e. The molecule has 1 heterocycles. The number of nitrogens with one attached hydrogen (secondary N) is 2. The largest absolute Gasteiger partial charge is 0.416 e. The molecular formula is C24H20F3N3O2S. The van der Waals surface area contributed by atoms with Crippen LogP contribution in [0.15, 0.2) is 89.8 Å². The fourth-order valence-corrected chi connectivity index (χ4v) is 4.39. The molecule has 0 saturated carbocycles. The summed E-state index contributed by atoms with van der Waals surface area (Å²) in [7, 11) is -4.11. The Bertz CT molecular complexity index is 1360. The lowest BCUT2D eigenvalue weighted by molar-refractivity contribution is -0.137. The maximum absolute atomic E-state index is 12.8. The smallest absolute Gasteiger partial charge is 0.307 e. The monoisotopic (exact) mass is 471 g/mol. The number of alkyl halides is 3. The standard InChI is InChI=1S/C24H20F3N3O2S/c25-24(26,27)19-10-13-21(14-11-19)33(31,32)30-22-8-4-7-18-9-12-20(29-23(18)22)16-28-15-17-5-2-1-3-6-17/h1-14,28,30H,15-16H2. The number of fused-ring (bicyclic) bond motifs is 1. The van der Waals surface area contributed by atoms with Gasteiger partial charge >= 0.3 is 6.18 Å². The normalized spacial score (nSPS) is 12.1. The summed E-state index contributed by atoms with van der Waals surface area (Å²) < 4.78 is 66.4. The lowest BCUT2D eigenvalue weighted by atomic mass is 10.1. The summed E-state index contributed by atoms with van der Waals surface area (Å²) in [6.45, 7) is 1.13. The average molecular weight is 472 g/mol. The molecule has 33 heavy (non-hydrogen) atoms. The molecule has 9 heteroatoms. The van der Waals surface area contributed by atoms with Gasteiger partial charge < -0.3 is 5.32 Å². The van der Waals surface area contributed by atoms with Gasteiger partial charge in [-0.2, -0.15) is 13.2 Å². The maximum atomic E-state index is 12.8. The molecule has 2 N–H and O–H groups in total. The van der Waals surface area contributed by atoms with Crippen molar-refractivity contribution >= 4 is 26.6 Å². The molecule has 0 fully saturated rings. The molecule has 4 rings (SSSR count). The molecule has 0 bridgehead atoms. The van der Waals surface area contributed by atoms with Gasteiger partial charge in [-0.25, -0.2) is 13.4 Å². The minimum Gasteiger partial charge on any atom is -0.307 e. The van der Waals surface area contributed by atoms with Crippen molar-refractivity contribution in [2.75, 3.05) is 4.72 Å². The highest BCUT2D eigenvalue weighted by atomic mass is 32.2. The Kier molecular flexibility index (Phi) is 6.35. The first-order chi connectivity index (χ1) is 15.7. The fourth-order valence-electron chi connectivity index (χ4n) is 3.33. The van der Waals surface area contributed by atoms with Gasteiger partial charge in [0.15, 0.2) is 0 Å². The number of hydrogen-bond donors (Lipinski definition) is 2. The van der Waals surface area contributed by atoms with Gasteiger partial charge in [0.25, 0.3) is 10.0 Å². The van der Waals surface area contributed by atoms with Crippen molar-refractivity contribution in [2.45, 2.75) is 24.2 Å². The van der Waals surface area contributed by atoms with Crippen LogP contribution in [0.4, 0.5) is 18.9 Å². The molecule has 0 atom stereocenters. The van der Waals surface area contributed by atoms with Gasteiger partial charge in [0, 0.05) is 18.5 Å². The predicted octanol–water partition coefficient (Wildman–Crippen LogP) is 5.34. The van der Waals surface area contributed by atoms with Crippen LogP contribution in [0.1, 0.15) is 16.8 Å². The van der Waals surface area contributed by atoms with Gasteiger partial charge in [0.1, 0.15) is 0 Å². The summed E-state index contributed by atoms with van der Waals surface area (Å²) >= 11 is 0. The van der Waals surface area contributed by atoms with Crippen molar-refractivity contribution in [3.8, 4) is 0 Å². The van der Waals surface area contributed by atoms with E-state index >= 15 is 0 Å². The summed E-state index contributed by atoms with van der Waals surface area (Å²) in [5, 5.41) is 4.03. The molecule has 0 aliphatic heterocycles. The molecule has 0 radical (unpaired) electrons. The molecule has 0 saturated heterocycles. The van der Waals surface area contributed by atoms with E-state index in [-0.39, 0.29) is 10.6 Å². The summed E-state index contributed by atoms with van der Waals surface area (Å²) in [6.07, 6.45) is -4.54. The minimum atomic E-state index is -4.54. The number of halogens is 3. The SMILES string of the molecule is O=S(=O)(Nc1cccc2ccc(CNCc3ccccc3)nc12)c1ccc(C(F)(F)F)cc1. The van der Waals surface area contributed by atoms with Crippen molar-refractivity contribution in [1.29, 1.82) is 0 Å². The van der Waals surface area contributed by atoms with E-state index in [2.05, 4.69) is 15.0 Å². The Hall–Kier alpha value is -3.43. The van der Waals surface area contributed by atoms with Crippen molar-refractivity contribution in [2.24, 2.45) is 0 Å². The van der Waals surface area contributed by atoms with Crippen LogP contribution in [-0.2, 0) is 29.3 Å². The van der Waals surface area contributed by atoms with Crippen LogP contribution in [0.2, 0.25) is 0 Å². The zero-order chi connectivity index (χ0) is 23.5. The molecular weight excluding hydrogens is 451 g/mol. The number of anilines is 1. The first-order valence-corrected chi connectivity index (χ1v) is 11.5. The van der Waals surface area contributed by atoms with Gasteiger partial charge in [-0.15, -0.1) is 0 Å². The number of nitrogens with zero attached hydrogens (tertiary/aromatic N) is 1. The molecule has 3 aromatic carbocycles. The first kappa shape index (κ1) is 22.8. The lowest BCUT2D eigenvalue weighted by Gasteiger charge is -2.12. The van der Waals surface area contributed by atoms with E-state index in [1.54, 1.807) is 18.2 Å². The molecule has 170 valence electrons. The summed E-state index contributed by atoms with van der Waals surface area (Å²) in [6, 6.07) is 22.0. The van der Waals surface area contributed by atoms with Gasteiger partial charge in [-0.3, -0.25) is 4.72 Å². The highest BCUT2D eigenvalue weighted by Gasteiger charge is 2.30. The number of pyridine rings is 1. The van der Waals surface area contributed by atoms with E-state index in [0.29, 0.717) is 18.6 Å². The number of benzene rings is 3. The van der Waals surface area contributed by atoms with Crippen molar-refractivity contribution in [3.05, 3.63) is 102 Å². The third-order valence-electron chi connectivity index (χ3n) is 4.99. The third-order valence-corrected chi connectivity index (χ3v) is 6.37. The van der Waals surface area contributed by atoms with E-state index < -0.39 is 21.8 Å². The second-order valence-corrected chi connectivity index (χ2v) is 9.08. The minimum absolute atomic E-state index is 0.248. The number of hydrogen-bond acceptors (Lipinski definition) is 4. The highest BCUT2D eigenvalue weighted by Crippen LogP contribution is 2.30. The average Bonchev–Trinajstić information content (AvgIpc) is 2.79. The Morgan fingerprint density at radius 2 is 1.52 bits per heavy atom. The summed E-state index contributed by atoms with van der Waals surface area (Å²) in [5.74, 6) is 0. The molecule has 1 aromatic heterocycles. The Morgan fingerprint density at radius 1 is 0.788 bits per heavy atom. The van der Waals surface area contributed by atoms with Crippen molar-refractivity contribution in [1.82, 2.24) is 10.3 Å². The number of aromatic nitrogens is 1. The van der Waals surface area contributed by atoms with Crippen LogP contribution in [0.5, 0.6) is 0 Å². The predicted molar refractivity (Wildman–Crippen MR) is 121 cm³/mol. The Balaban J connectivity index is 1.55. The molecule has 0 amide bonds. The van der Waals surface area contributed by atoms with Crippen molar-refractivity contribution < 1.29 is 21.6 Å². The van der Waals surface area contributed by atoms with Gasteiger partial charge in [0.05, 0.1) is 27.4 Å². The van der Waals surface area contributed by atoms with Crippen LogP contribution in [0, 0.1) is 0 Å². The molecule has 0 spiro atoms. The van der Waals surface area contributed by atoms with Gasteiger partial charge in [-0.05, 0) is 42.0 Å². The summed E-state index contributed by atoms with van der Waals surface area (Å²) in [5.41, 5.74) is 1.63. The second kappa shape index (κ2) is 9.21. The van der Waals surface area contributed by atoms with Gasteiger partial charge in [0.2, 0.25) is 0 Å². The molecule has 0 aliphatic rings. The van der Waals surface area contributed by atoms with Crippen LogP contribution in [-0.4, -0.2) is 13.4 Å². The molecule has 0 unspecified atom stereocenters. The molecule has 4 aromatic rings. The van der Waals surface area contributed by atoms with Crippen molar-refractivity contribution in [3.63, 3.8) is 0 Å². The number of rotatable bonds is 7. The second-order valence-electron chi connectivity index (χ2n) is 7.40. The van der Waals surface area contributed by atoms with E-state index in [0.717, 1.165) is 40.9 Å². The van der Waals surface area contributed by atoms with E-state index in [1.165, 1.54) is 0 Å². The molecule has 0 aliphatic carbocycles. The highest BCUT2D eigenvalue weighted by molar-refractivity contribution is 7.92. The third kappa shape index (κ3) is 5.50. The van der Waals surface area contributed by atoms with Crippen LogP contribution >= 0.6 is 0 Å². The van der Waals surface area contributed by atoms with E-state index in [4.69, 9.17) is 0 Å². The van der Waals surface area contributed by atoms with Crippen LogP contribution < -0.4 is 10.0 Å². The number of sulfonamides is 1. The van der Waals surface area contributed by atoms with E-state index in [1.807, 2.05) is 42.5 Å². The Labute approximate surface area is 189 Å². The molecule has 5 nitrogen and oxygen atoms in total. The van der Waals surface area contributed by atoms with E-state index in [9.17, 15) is 21.6 Å². The Morgan fingerprint density at radius 3 is 2.21 bits per heavy atom.